The fraction of sp³-hybridized carbons (Fsp3) is 0.333. The molecule has 0 saturated carbocycles. The number of hydrogen-bond acceptors (Lipinski definition) is 2. The van der Waals surface area contributed by atoms with Gasteiger partial charge in [-0.05, 0) is 31.0 Å². The summed E-state index contributed by atoms with van der Waals surface area (Å²) in [4.78, 5) is 0. The molecular formula is C9H13Cl2NO. The lowest BCUT2D eigenvalue weighted by molar-refractivity contribution is 0.463. The number of nitrogens with two attached hydrogens (primary N) is 1. The quantitative estimate of drug-likeness (QED) is 0.766. The molecule has 0 amide bonds. The van der Waals surface area contributed by atoms with Gasteiger partial charge < -0.3 is 10.8 Å². The molecule has 13 heavy (non-hydrogen) atoms. The van der Waals surface area contributed by atoms with Crippen molar-refractivity contribution < 1.29 is 5.11 Å². The topological polar surface area (TPSA) is 46.2 Å². The maximum atomic E-state index is 9.56. The van der Waals surface area contributed by atoms with Gasteiger partial charge in [0.2, 0.25) is 0 Å². The number of aromatic hydroxyl groups is 1. The first kappa shape index (κ1) is 12.6. The minimum Gasteiger partial charge on any atom is -0.507 e. The van der Waals surface area contributed by atoms with E-state index in [-0.39, 0.29) is 18.2 Å². The van der Waals surface area contributed by atoms with E-state index in [1.807, 2.05) is 6.92 Å². The van der Waals surface area contributed by atoms with Crippen LogP contribution in [-0.4, -0.2) is 5.11 Å². The molecule has 0 fully saturated rings. The van der Waals surface area contributed by atoms with Gasteiger partial charge in [0.1, 0.15) is 5.75 Å². The van der Waals surface area contributed by atoms with E-state index >= 15 is 0 Å². The SMILES string of the molecule is Cc1cc(Cl)c(C)c(CN)c1O.Cl. The zero-order valence-electron chi connectivity index (χ0n) is 7.60. The van der Waals surface area contributed by atoms with Crippen molar-refractivity contribution in [3.8, 4) is 5.75 Å². The van der Waals surface area contributed by atoms with Gasteiger partial charge in [0.15, 0.2) is 0 Å². The Morgan fingerprint density at radius 3 is 2.46 bits per heavy atom. The number of halogens is 2. The summed E-state index contributed by atoms with van der Waals surface area (Å²) in [5.41, 5.74) is 7.84. The number of hydrogen-bond donors (Lipinski definition) is 2. The van der Waals surface area contributed by atoms with Gasteiger partial charge >= 0.3 is 0 Å². The smallest absolute Gasteiger partial charge is 0.123 e. The first-order valence-corrected chi connectivity index (χ1v) is 4.13. The molecule has 0 radical (unpaired) electrons. The molecule has 0 aromatic heterocycles. The van der Waals surface area contributed by atoms with E-state index < -0.39 is 0 Å². The number of phenols is 1. The molecule has 0 saturated heterocycles. The van der Waals surface area contributed by atoms with E-state index in [9.17, 15) is 5.11 Å². The molecule has 0 aliphatic rings. The summed E-state index contributed by atoms with van der Waals surface area (Å²) in [6.07, 6.45) is 0. The monoisotopic (exact) mass is 221 g/mol. The maximum absolute atomic E-state index is 9.56. The zero-order chi connectivity index (χ0) is 9.30. The van der Waals surface area contributed by atoms with Crippen molar-refractivity contribution in [1.82, 2.24) is 0 Å². The summed E-state index contributed by atoms with van der Waals surface area (Å²) in [7, 11) is 0. The Morgan fingerprint density at radius 1 is 1.46 bits per heavy atom. The molecule has 0 spiro atoms. The number of aryl methyl sites for hydroxylation is 1. The van der Waals surface area contributed by atoms with Gasteiger partial charge in [-0.2, -0.15) is 0 Å². The molecule has 4 heteroatoms. The third-order valence-corrected chi connectivity index (χ3v) is 2.41. The molecule has 0 aliphatic carbocycles. The standard InChI is InChI=1S/C9H12ClNO.ClH/c1-5-3-8(10)6(2)7(4-11)9(5)12;/h3,12H,4,11H2,1-2H3;1H. The Balaban J connectivity index is 0.00000144. The molecule has 0 unspecified atom stereocenters. The third kappa shape index (κ3) is 2.27. The second-order valence-corrected chi connectivity index (χ2v) is 3.24. The van der Waals surface area contributed by atoms with Crippen molar-refractivity contribution in [3.63, 3.8) is 0 Å². The van der Waals surface area contributed by atoms with Gasteiger partial charge in [-0.3, -0.25) is 0 Å². The zero-order valence-corrected chi connectivity index (χ0v) is 9.17. The molecule has 2 nitrogen and oxygen atoms in total. The van der Waals surface area contributed by atoms with Crippen LogP contribution >= 0.6 is 24.0 Å². The molecule has 0 heterocycles. The maximum Gasteiger partial charge on any atom is 0.123 e. The van der Waals surface area contributed by atoms with Crippen LogP contribution in [0.1, 0.15) is 16.7 Å². The van der Waals surface area contributed by atoms with Crippen LogP contribution in [0.3, 0.4) is 0 Å². The molecule has 3 N–H and O–H groups in total. The second-order valence-electron chi connectivity index (χ2n) is 2.83. The van der Waals surface area contributed by atoms with Crippen LogP contribution in [0, 0.1) is 13.8 Å². The minimum absolute atomic E-state index is 0. The molecule has 74 valence electrons. The predicted molar refractivity (Wildman–Crippen MR) is 57.7 cm³/mol. The lowest BCUT2D eigenvalue weighted by Gasteiger charge is -2.10. The van der Waals surface area contributed by atoms with Crippen molar-refractivity contribution in [2.75, 3.05) is 0 Å². The van der Waals surface area contributed by atoms with Crippen molar-refractivity contribution in [2.24, 2.45) is 5.73 Å². The Morgan fingerprint density at radius 2 is 2.00 bits per heavy atom. The van der Waals surface area contributed by atoms with Gasteiger partial charge in [0.05, 0.1) is 0 Å². The summed E-state index contributed by atoms with van der Waals surface area (Å²) < 4.78 is 0. The number of benzene rings is 1. The summed E-state index contributed by atoms with van der Waals surface area (Å²) >= 11 is 5.90. The molecule has 0 atom stereocenters. The van der Waals surface area contributed by atoms with Crippen LogP contribution in [0.15, 0.2) is 6.07 Å². The molecular weight excluding hydrogens is 209 g/mol. The first-order valence-electron chi connectivity index (χ1n) is 3.75. The van der Waals surface area contributed by atoms with E-state index in [1.165, 1.54) is 0 Å². The number of phenolic OH excluding ortho intramolecular Hbond substituents is 1. The average molecular weight is 222 g/mol. The molecule has 0 aliphatic heterocycles. The van der Waals surface area contributed by atoms with Crippen LogP contribution in [-0.2, 0) is 6.54 Å². The summed E-state index contributed by atoms with van der Waals surface area (Å²) in [5.74, 6) is 0.263. The van der Waals surface area contributed by atoms with Gasteiger partial charge in [0.25, 0.3) is 0 Å². The van der Waals surface area contributed by atoms with Crippen LogP contribution in [0.4, 0.5) is 0 Å². The highest BCUT2D eigenvalue weighted by Crippen LogP contribution is 2.30. The highest BCUT2D eigenvalue weighted by atomic mass is 35.5. The van der Waals surface area contributed by atoms with Gasteiger partial charge in [-0.25, -0.2) is 0 Å². The fourth-order valence-corrected chi connectivity index (χ4v) is 1.45. The molecule has 1 aromatic rings. The lowest BCUT2D eigenvalue weighted by atomic mass is 10.0. The first-order chi connectivity index (χ1) is 5.57. The van der Waals surface area contributed by atoms with Gasteiger partial charge in [-0.1, -0.05) is 11.6 Å². The number of rotatable bonds is 1. The van der Waals surface area contributed by atoms with Crippen molar-refractivity contribution >= 4 is 24.0 Å². The van der Waals surface area contributed by atoms with E-state index in [4.69, 9.17) is 17.3 Å². The average Bonchev–Trinajstić information content (AvgIpc) is 2.02. The normalized spacial score (nSPS) is 9.54. The van der Waals surface area contributed by atoms with Gasteiger partial charge in [0, 0.05) is 17.1 Å². The van der Waals surface area contributed by atoms with Crippen molar-refractivity contribution in [3.05, 3.63) is 27.8 Å². The second kappa shape index (κ2) is 4.70. The summed E-state index contributed by atoms with van der Waals surface area (Å²) in [5, 5.41) is 10.2. The van der Waals surface area contributed by atoms with Crippen molar-refractivity contribution in [1.29, 1.82) is 0 Å². The minimum atomic E-state index is 0. The van der Waals surface area contributed by atoms with Crippen LogP contribution in [0.5, 0.6) is 5.75 Å². The van der Waals surface area contributed by atoms with Crippen LogP contribution in [0.2, 0.25) is 5.02 Å². The van der Waals surface area contributed by atoms with Crippen LogP contribution in [0.25, 0.3) is 0 Å². The highest BCUT2D eigenvalue weighted by Gasteiger charge is 2.09. The Bertz CT molecular complexity index is 287. The van der Waals surface area contributed by atoms with E-state index in [0.717, 1.165) is 16.7 Å². The molecule has 0 bridgehead atoms. The Kier molecular flexibility index (Phi) is 4.54. The van der Waals surface area contributed by atoms with Crippen molar-refractivity contribution in [2.45, 2.75) is 20.4 Å². The Hall–Kier alpha value is -0.440. The predicted octanol–water partition coefficient (Wildman–Crippen LogP) is 2.54. The Labute approximate surface area is 89.1 Å². The van der Waals surface area contributed by atoms with Crippen LogP contribution < -0.4 is 5.73 Å². The van der Waals surface area contributed by atoms with E-state index in [1.54, 1.807) is 13.0 Å². The fourth-order valence-electron chi connectivity index (χ4n) is 1.18. The van der Waals surface area contributed by atoms with E-state index in [2.05, 4.69) is 0 Å². The summed E-state index contributed by atoms with van der Waals surface area (Å²) in [6, 6.07) is 1.74. The molecule has 1 aromatic carbocycles. The lowest BCUT2D eigenvalue weighted by Crippen LogP contribution is -2.01. The van der Waals surface area contributed by atoms with E-state index in [0.29, 0.717) is 11.6 Å². The van der Waals surface area contributed by atoms with Gasteiger partial charge in [-0.15, -0.1) is 12.4 Å². The summed E-state index contributed by atoms with van der Waals surface area (Å²) in [6.45, 7) is 3.97. The largest absolute Gasteiger partial charge is 0.507 e. The third-order valence-electron chi connectivity index (χ3n) is 2.02. The molecule has 1 rings (SSSR count). The highest BCUT2D eigenvalue weighted by molar-refractivity contribution is 6.31.